The van der Waals surface area contributed by atoms with E-state index in [-0.39, 0.29) is 10.3 Å². The Balaban J connectivity index is 0.000000406. The molecule has 0 aliphatic carbocycles. The number of carbonyl (C=O) groups is 1. The minimum atomic E-state index is -5.08. The van der Waals surface area contributed by atoms with E-state index in [9.17, 15) is 21.6 Å². The molecule has 7 nitrogen and oxygen atoms in total. The van der Waals surface area contributed by atoms with Crippen LogP contribution in [-0.2, 0) is 21.4 Å². The highest BCUT2D eigenvalue weighted by Gasteiger charge is 2.41. The van der Waals surface area contributed by atoms with Crippen LogP contribution in [0.1, 0.15) is 22.6 Å². The molecule has 2 aliphatic rings. The standard InChI is InChI=1S/C20H26N2O3S2.C2HF3O2/c1-16-7-8-17(26-16)13-22-11-9-20(10-12-22)14-21(2)27(23,24)19-6-4-3-5-18(19)25-15-20;3-2(4,5)1(6)7/h3-8H,9-15H2,1-2H3;(H,6,7). The van der Waals surface area contributed by atoms with Gasteiger partial charge in [-0.1, -0.05) is 12.1 Å². The maximum atomic E-state index is 12.9. The van der Waals surface area contributed by atoms with Crippen molar-refractivity contribution in [3.05, 3.63) is 46.2 Å². The van der Waals surface area contributed by atoms with Crippen LogP contribution < -0.4 is 4.74 Å². The Hall–Kier alpha value is -2.15. The van der Waals surface area contributed by atoms with Crippen molar-refractivity contribution in [3.8, 4) is 5.75 Å². The number of thiophene rings is 1. The van der Waals surface area contributed by atoms with Crippen LogP contribution in [0.2, 0.25) is 0 Å². The highest BCUT2D eigenvalue weighted by Crippen LogP contribution is 2.39. The third-order valence-electron chi connectivity index (χ3n) is 5.96. The summed E-state index contributed by atoms with van der Waals surface area (Å²) in [7, 11) is -1.82. The molecular weight excluding hydrogens is 493 g/mol. The van der Waals surface area contributed by atoms with Gasteiger partial charge < -0.3 is 9.84 Å². The van der Waals surface area contributed by atoms with Gasteiger partial charge in [-0.3, -0.25) is 4.90 Å². The average molecular weight is 521 g/mol. The van der Waals surface area contributed by atoms with Crippen LogP contribution in [0.4, 0.5) is 13.2 Å². The summed E-state index contributed by atoms with van der Waals surface area (Å²) >= 11 is 1.85. The maximum absolute atomic E-state index is 12.9. The summed E-state index contributed by atoms with van der Waals surface area (Å²) in [4.78, 5) is 14.4. The molecule has 0 amide bonds. The quantitative estimate of drug-likeness (QED) is 0.645. The minimum absolute atomic E-state index is 0.128. The fraction of sp³-hybridized carbons (Fsp3) is 0.500. The van der Waals surface area contributed by atoms with Crippen molar-refractivity contribution in [2.75, 3.05) is 33.3 Å². The number of ether oxygens (including phenoxy) is 1. The molecule has 2 aliphatic heterocycles. The van der Waals surface area contributed by atoms with E-state index in [1.165, 1.54) is 14.1 Å². The van der Waals surface area contributed by atoms with Crippen molar-refractivity contribution in [1.82, 2.24) is 9.21 Å². The molecule has 0 bridgehead atoms. The third-order valence-corrected chi connectivity index (χ3v) is 8.79. The van der Waals surface area contributed by atoms with Crippen molar-refractivity contribution < 1.29 is 36.2 Å². The fourth-order valence-electron chi connectivity index (χ4n) is 4.06. The van der Waals surface area contributed by atoms with Crippen LogP contribution in [0, 0.1) is 12.3 Å². The number of aliphatic carboxylic acids is 1. The van der Waals surface area contributed by atoms with Gasteiger partial charge in [0.15, 0.2) is 0 Å². The molecule has 1 fully saturated rings. The molecule has 4 rings (SSSR count). The number of hydrogen-bond acceptors (Lipinski definition) is 6. The Morgan fingerprint density at radius 2 is 1.79 bits per heavy atom. The second-order valence-corrected chi connectivity index (χ2v) is 12.0. The molecule has 0 radical (unpaired) electrons. The number of halogens is 3. The van der Waals surface area contributed by atoms with Gasteiger partial charge in [0.25, 0.3) is 0 Å². The lowest BCUT2D eigenvalue weighted by atomic mass is 9.79. The molecule has 1 spiro atoms. The fourth-order valence-corrected chi connectivity index (χ4v) is 6.41. The van der Waals surface area contributed by atoms with E-state index in [2.05, 4.69) is 24.0 Å². The smallest absolute Gasteiger partial charge is 0.490 e. The summed E-state index contributed by atoms with van der Waals surface area (Å²) in [5.41, 5.74) is -0.128. The molecule has 34 heavy (non-hydrogen) atoms. The summed E-state index contributed by atoms with van der Waals surface area (Å²) in [5, 5.41) is 7.12. The number of piperidine rings is 1. The summed E-state index contributed by atoms with van der Waals surface area (Å²) < 4.78 is 65.2. The summed E-state index contributed by atoms with van der Waals surface area (Å²) in [6.07, 6.45) is -3.20. The molecule has 3 heterocycles. The van der Waals surface area contributed by atoms with Crippen LogP contribution in [0.25, 0.3) is 0 Å². The number of fused-ring (bicyclic) bond motifs is 1. The number of rotatable bonds is 2. The van der Waals surface area contributed by atoms with E-state index < -0.39 is 22.2 Å². The van der Waals surface area contributed by atoms with Gasteiger partial charge in [-0.25, -0.2) is 17.5 Å². The molecule has 1 N–H and O–H groups in total. The molecular formula is C22H27F3N2O5S2. The molecule has 12 heteroatoms. The molecule has 0 saturated carbocycles. The highest BCUT2D eigenvalue weighted by atomic mass is 32.2. The number of carboxylic acid groups (broad SMARTS) is 1. The van der Waals surface area contributed by atoms with E-state index in [4.69, 9.17) is 14.6 Å². The lowest BCUT2D eigenvalue weighted by Gasteiger charge is -2.44. The number of para-hydroxylation sites is 1. The lowest BCUT2D eigenvalue weighted by Crippen LogP contribution is -2.50. The molecule has 0 unspecified atom stereocenters. The highest BCUT2D eigenvalue weighted by molar-refractivity contribution is 7.89. The van der Waals surface area contributed by atoms with Gasteiger partial charge in [0, 0.05) is 35.3 Å². The summed E-state index contributed by atoms with van der Waals surface area (Å²) in [6.45, 7) is 6.13. The molecule has 1 aromatic carbocycles. The van der Waals surface area contributed by atoms with E-state index >= 15 is 0 Å². The first-order valence-corrected chi connectivity index (χ1v) is 12.8. The Kier molecular flexibility index (Phi) is 7.96. The van der Waals surface area contributed by atoms with E-state index in [1.54, 1.807) is 25.2 Å². The summed E-state index contributed by atoms with van der Waals surface area (Å²) in [5.74, 6) is -2.28. The zero-order valence-electron chi connectivity index (χ0n) is 18.8. The first-order chi connectivity index (χ1) is 15.8. The lowest BCUT2D eigenvalue weighted by molar-refractivity contribution is -0.192. The Morgan fingerprint density at radius 1 is 1.18 bits per heavy atom. The third kappa shape index (κ3) is 6.29. The van der Waals surface area contributed by atoms with Crippen molar-refractivity contribution in [2.45, 2.75) is 37.4 Å². The number of likely N-dealkylation sites (tertiary alicyclic amines) is 1. The van der Waals surface area contributed by atoms with Crippen molar-refractivity contribution in [1.29, 1.82) is 0 Å². The number of carboxylic acids is 1. The zero-order valence-corrected chi connectivity index (χ0v) is 20.5. The largest absolute Gasteiger partial charge is 0.492 e. The Labute approximate surface area is 200 Å². The van der Waals surface area contributed by atoms with Crippen LogP contribution in [0.15, 0.2) is 41.3 Å². The van der Waals surface area contributed by atoms with Gasteiger partial charge in [-0.05, 0) is 57.1 Å². The molecule has 2 aromatic rings. The Morgan fingerprint density at radius 3 is 2.35 bits per heavy atom. The average Bonchev–Trinajstić information content (AvgIpc) is 3.18. The molecule has 1 saturated heterocycles. The first-order valence-electron chi connectivity index (χ1n) is 10.6. The normalized spacial score (nSPS) is 20.3. The van der Waals surface area contributed by atoms with Gasteiger partial charge in [0.1, 0.15) is 10.6 Å². The van der Waals surface area contributed by atoms with Gasteiger partial charge in [-0.2, -0.15) is 13.2 Å². The first kappa shape index (κ1) is 26.5. The maximum Gasteiger partial charge on any atom is 0.490 e. The molecule has 188 valence electrons. The van der Waals surface area contributed by atoms with E-state index in [0.717, 1.165) is 32.5 Å². The zero-order chi connectivity index (χ0) is 25.1. The predicted molar refractivity (Wildman–Crippen MR) is 121 cm³/mol. The van der Waals surface area contributed by atoms with Gasteiger partial charge in [-0.15, -0.1) is 11.3 Å². The van der Waals surface area contributed by atoms with Gasteiger partial charge in [0.05, 0.1) is 6.61 Å². The SMILES string of the molecule is Cc1ccc(CN2CCC3(CC2)COc2ccccc2S(=O)(=O)N(C)C3)s1.O=C(O)C(F)(F)F. The van der Waals surface area contributed by atoms with Crippen LogP contribution >= 0.6 is 11.3 Å². The Bertz CT molecular complexity index is 1110. The van der Waals surface area contributed by atoms with Crippen LogP contribution in [-0.4, -0.2) is 68.2 Å². The topological polar surface area (TPSA) is 87.2 Å². The van der Waals surface area contributed by atoms with E-state index in [1.807, 2.05) is 17.4 Å². The minimum Gasteiger partial charge on any atom is -0.492 e. The molecule has 1 aromatic heterocycles. The van der Waals surface area contributed by atoms with Crippen molar-refractivity contribution in [2.24, 2.45) is 5.41 Å². The second-order valence-electron chi connectivity index (χ2n) is 8.59. The monoisotopic (exact) mass is 520 g/mol. The van der Waals surface area contributed by atoms with Crippen molar-refractivity contribution >= 4 is 27.3 Å². The van der Waals surface area contributed by atoms with E-state index in [0.29, 0.717) is 18.9 Å². The predicted octanol–water partition coefficient (Wildman–Crippen LogP) is 3.99. The number of hydrogen-bond donors (Lipinski definition) is 1. The second kappa shape index (κ2) is 10.2. The number of nitrogens with zero attached hydrogens (tertiary/aromatic N) is 2. The van der Waals surface area contributed by atoms with Crippen molar-refractivity contribution in [3.63, 3.8) is 0 Å². The number of alkyl halides is 3. The van der Waals surface area contributed by atoms with Gasteiger partial charge >= 0.3 is 12.1 Å². The molecule has 0 atom stereocenters. The van der Waals surface area contributed by atoms with Gasteiger partial charge in [0.2, 0.25) is 10.0 Å². The van der Waals surface area contributed by atoms with Crippen LogP contribution in [0.3, 0.4) is 0 Å². The summed E-state index contributed by atoms with van der Waals surface area (Å²) in [6, 6.07) is 11.3. The number of sulfonamides is 1. The number of benzene rings is 1. The van der Waals surface area contributed by atoms with Crippen LogP contribution in [0.5, 0.6) is 5.75 Å². The number of aryl methyl sites for hydroxylation is 1.